The lowest BCUT2D eigenvalue weighted by Crippen LogP contribution is -2.05. The Kier molecular flexibility index (Phi) is 6.01. The van der Waals surface area contributed by atoms with Crippen molar-refractivity contribution in [3.63, 3.8) is 0 Å². The first-order valence-corrected chi connectivity index (χ1v) is 11.3. The number of methoxy groups -OCH3 is 4. The molecule has 0 unspecified atom stereocenters. The number of rotatable bonds is 8. The van der Waals surface area contributed by atoms with Crippen LogP contribution in [0.2, 0.25) is 0 Å². The van der Waals surface area contributed by atoms with Crippen LogP contribution in [0.5, 0.6) is 23.0 Å². The van der Waals surface area contributed by atoms with E-state index >= 15 is 0 Å². The van der Waals surface area contributed by atoms with Crippen molar-refractivity contribution in [2.75, 3.05) is 28.4 Å². The van der Waals surface area contributed by atoms with Crippen molar-refractivity contribution in [1.29, 1.82) is 0 Å². The van der Waals surface area contributed by atoms with E-state index in [1.54, 1.807) is 33.6 Å². The maximum Gasteiger partial charge on any atom is 0.311 e. The summed E-state index contributed by atoms with van der Waals surface area (Å²) in [6.07, 6.45) is 5.33. The number of ether oxygens (including phenoxy) is 4. The Labute approximate surface area is 207 Å². The number of hydrogen-bond acceptors (Lipinski definition) is 8. The molecule has 4 aromatic rings. The number of nitro groups is 1. The highest BCUT2D eigenvalue weighted by Gasteiger charge is 2.28. The van der Waals surface area contributed by atoms with Gasteiger partial charge in [-0.25, -0.2) is 0 Å². The molecule has 0 aliphatic heterocycles. The van der Waals surface area contributed by atoms with Crippen LogP contribution in [0.15, 0.2) is 47.2 Å². The number of nitro benzene ring substituents is 1. The number of aryl methyl sites for hydroxylation is 1. The molecule has 2 aromatic carbocycles. The molecule has 10 heteroatoms. The summed E-state index contributed by atoms with van der Waals surface area (Å²) in [7, 11) is 6.13. The second-order valence-corrected chi connectivity index (χ2v) is 8.36. The van der Waals surface area contributed by atoms with Crippen molar-refractivity contribution < 1.29 is 28.4 Å². The summed E-state index contributed by atoms with van der Waals surface area (Å²) in [5, 5.41) is 15.6. The fourth-order valence-electron chi connectivity index (χ4n) is 4.82. The van der Waals surface area contributed by atoms with Crippen molar-refractivity contribution in [2.24, 2.45) is 0 Å². The largest absolute Gasteiger partial charge is 0.493 e. The molecule has 0 fully saturated rings. The number of aromatic nitrogens is 2. The number of benzene rings is 2. The minimum atomic E-state index is -0.441. The molecule has 0 saturated carbocycles. The zero-order valence-electron chi connectivity index (χ0n) is 20.4. The molecule has 0 radical (unpaired) electrons. The van der Waals surface area contributed by atoms with Crippen molar-refractivity contribution in [3.05, 3.63) is 69.5 Å². The van der Waals surface area contributed by atoms with Gasteiger partial charge >= 0.3 is 5.69 Å². The molecule has 0 atom stereocenters. The fraction of sp³-hybridized carbons (Fsp3) is 0.269. The van der Waals surface area contributed by atoms with Gasteiger partial charge in [0.1, 0.15) is 0 Å². The second-order valence-electron chi connectivity index (χ2n) is 8.36. The molecule has 1 aliphatic carbocycles. The standard InChI is InChI=1S/C26H25N3O7/c1-32-21-8-5-15(9-20(21)29(30)31)13-28-14-19-18(7-6-16-12-27-36-25(16)19)24(28)17-10-22(33-2)26(35-4)23(11-17)34-3/h5,8-12,14H,6-7,13H2,1-4H3. The third-order valence-electron chi connectivity index (χ3n) is 6.45. The van der Waals surface area contributed by atoms with Gasteiger partial charge in [0.05, 0.1) is 45.3 Å². The van der Waals surface area contributed by atoms with Gasteiger partial charge < -0.3 is 28.0 Å². The number of hydrogen-bond donors (Lipinski definition) is 0. The topological polar surface area (TPSA) is 111 Å². The van der Waals surface area contributed by atoms with Crippen molar-refractivity contribution >= 4 is 5.69 Å². The minimum absolute atomic E-state index is 0.0845. The van der Waals surface area contributed by atoms with Crippen LogP contribution in [-0.4, -0.2) is 43.1 Å². The van der Waals surface area contributed by atoms with Crippen LogP contribution in [0.1, 0.15) is 16.7 Å². The summed E-state index contributed by atoms with van der Waals surface area (Å²) >= 11 is 0. The normalized spacial score (nSPS) is 12.0. The molecule has 2 aromatic heterocycles. The Bertz CT molecular complexity index is 1430. The van der Waals surface area contributed by atoms with Crippen molar-refractivity contribution in [3.8, 4) is 45.6 Å². The Morgan fingerprint density at radius 2 is 1.72 bits per heavy atom. The molecule has 0 N–H and O–H groups in total. The molecule has 10 nitrogen and oxygen atoms in total. The van der Waals surface area contributed by atoms with Gasteiger partial charge in [0.25, 0.3) is 0 Å². The van der Waals surface area contributed by atoms with Crippen LogP contribution in [0.4, 0.5) is 5.69 Å². The monoisotopic (exact) mass is 491 g/mol. The zero-order chi connectivity index (χ0) is 25.4. The van der Waals surface area contributed by atoms with E-state index in [1.807, 2.05) is 24.4 Å². The Hall–Kier alpha value is -4.47. The quantitative estimate of drug-likeness (QED) is 0.253. The molecule has 5 rings (SSSR count). The predicted molar refractivity (Wildman–Crippen MR) is 131 cm³/mol. The van der Waals surface area contributed by atoms with Crippen LogP contribution in [0.3, 0.4) is 0 Å². The zero-order valence-corrected chi connectivity index (χ0v) is 20.4. The lowest BCUT2D eigenvalue weighted by atomic mass is 9.91. The van der Waals surface area contributed by atoms with E-state index in [9.17, 15) is 10.1 Å². The van der Waals surface area contributed by atoms with E-state index in [2.05, 4.69) is 9.72 Å². The highest BCUT2D eigenvalue weighted by molar-refractivity contribution is 5.80. The van der Waals surface area contributed by atoms with Crippen LogP contribution in [0, 0.1) is 10.1 Å². The molecular formula is C26H25N3O7. The van der Waals surface area contributed by atoms with E-state index < -0.39 is 4.92 Å². The Morgan fingerprint density at radius 3 is 2.36 bits per heavy atom. The lowest BCUT2D eigenvalue weighted by Gasteiger charge is -2.18. The summed E-state index contributed by atoms with van der Waals surface area (Å²) < 4.78 is 29.5. The maximum atomic E-state index is 11.6. The molecule has 0 amide bonds. The smallest absolute Gasteiger partial charge is 0.311 e. The van der Waals surface area contributed by atoms with E-state index in [1.165, 1.54) is 13.2 Å². The van der Waals surface area contributed by atoms with Gasteiger partial charge in [0, 0.05) is 35.5 Å². The second kappa shape index (κ2) is 9.29. The SMILES string of the molecule is COc1ccc(Cn2cc3c(c2-c2cc(OC)c(OC)c(OC)c2)CCc2cnoc2-3)cc1[N+](=O)[O-]. The number of nitrogens with zero attached hydrogens (tertiary/aromatic N) is 3. The van der Waals surface area contributed by atoms with Crippen LogP contribution < -0.4 is 18.9 Å². The average molecular weight is 492 g/mol. The summed E-state index contributed by atoms with van der Waals surface area (Å²) in [5.74, 6) is 2.52. The Morgan fingerprint density at radius 1 is 1.00 bits per heavy atom. The van der Waals surface area contributed by atoms with Gasteiger partial charge in [-0.3, -0.25) is 10.1 Å². The molecule has 186 valence electrons. The summed E-state index contributed by atoms with van der Waals surface area (Å²) in [4.78, 5) is 11.2. The average Bonchev–Trinajstić information content (AvgIpc) is 3.52. The maximum absolute atomic E-state index is 11.6. The molecular weight excluding hydrogens is 466 g/mol. The molecule has 1 aliphatic rings. The van der Waals surface area contributed by atoms with Crippen LogP contribution in [0.25, 0.3) is 22.6 Å². The first-order chi connectivity index (χ1) is 17.5. The Balaban J connectivity index is 1.70. The van der Waals surface area contributed by atoms with Gasteiger partial charge in [-0.05, 0) is 42.2 Å². The van der Waals surface area contributed by atoms with Crippen LogP contribution in [-0.2, 0) is 19.4 Å². The van der Waals surface area contributed by atoms with Crippen molar-refractivity contribution in [1.82, 2.24) is 9.72 Å². The summed E-state index contributed by atoms with van der Waals surface area (Å²) in [6.45, 7) is 0.382. The minimum Gasteiger partial charge on any atom is -0.493 e. The molecule has 2 heterocycles. The first-order valence-electron chi connectivity index (χ1n) is 11.3. The van der Waals surface area contributed by atoms with E-state index in [-0.39, 0.29) is 11.4 Å². The van der Waals surface area contributed by atoms with Gasteiger partial charge in [-0.15, -0.1) is 0 Å². The molecule has 0 spiro atoms. The van der Waals surface area contributed by atoms with E-state index in [4.69, 9.17) is 23.5 Å². The fourth-order valence-corrected chi connectivity index (χ4v) is 4.82. The van der Waals surface area contributed by atoms with E-state index in [0.29, 0.717) is 23.8 Å². The van der Waals surface area contributed by atoms with Gasteiger partial charge in [-0.1, -0.05) is 11.2 Å². The molecule has 0 bridgehead atoms. The highest BCUT2D eigenvalue weighted by Crippen LogP contribution is 2.46. The highest BCUT2D eigenvalue weighted by atomic mass is 16.6. The third-order valence-corrected chi connectivity index (χ3v) is 6.45. The number of fused-ring (bicyclic) bond motifs is 3. The first kappa shape index (κ1) is 23.3. The van der Waals surface area contributed by atoms with E-state index in [0.717, 1.165) is 52.1 Å². The van der Waals surface area contributed by atoms with Gasteiger partial charge in [0.2, 0.25) is 5.75 Å². The van der Waals surface area contributed by atoms with Gasteiger partial charge in [0.15, 0.2) is 23.0 Å². The van der Waals surface area contributed by atoms with Gasteiger partial charge in [-0.2, -0.15) is 0 Å². The molecule has 0 saturated heterocycles. The van der Waals surface area contributed by atoms with Crippen LogP contribution >= 0.6 is 0 Å². The molecule has 36 heavy (non-hydrogen) atoms. The third kappa shape index (κ3) is 3.80. The summed E-state index contributed by atoms with van der Waals surface area (Å²) in [6, 6.07) is 8.78. The predicted octanol–water partition coefficient (Wildman–Crippen LogP) is 4.90. The van der Waals surface area contributed by atoms with Crippen molar-refractivity contribution in [2.45, 2.75) is 19.4 Å². The lowest BCUT2D eigenvalue weighted by molar-refractivity contribution is -0.385. The summed E-state index contributed by atoms with van der Waals surface area (Å²) in [5.41, 5.74) is 5.55.